The second kappa shape index (κ2) is 12.6. The molecule has 256 valence electrons. The lowest BCUT2D eigenvalue weighted by atomic mass is 9.95. The second-order valence-corrected chi connectivity index (χ2v) is 14.1. The summed E-state index contributed by atoms with van der Waals surface area (Å²) in [6, 6.07) is 66.0. The molecule has 2 heterocycles. The molecule has 2 aromatic heterocycles. The van der Waals surface area contributed by atoms with Gasteiger partial charge < -0.3 is 4.42 Å². The Hall–Kier alpha value is -7.43. The SMILES string of the molecule is c1ccc(-c2nc(-c3ccc4cc(-c5cccc(-c6ccc7ccccc7c6)c5)ccc4c3)nc(-c3ccc4c(c3)oc3ccc5ccccc5c34)n2)cc1. The Morgan fingerprint density at radius 1 is 0.273 bits per heavy atom. The molecule has 11 aromatic rings. The predicted octanol–water partition coefficient (Wildman–Crippen LogP) is 13.6. The third-order valence-corrected chi connectivity index (χ3v) is 10.7. The zero-order chi connectivity index (χ0) is 36.3. The first-order valence-corrected chi connectivity index (χ1v) is 18.5. The molecule has 0 aliphatic heterocycles. The Morgan fingerprint density at radius 3 is 1.51 bits per heavy atom. The van der Waals surface area contributed by atoms with Crippen molar-refractivity contribution in [3.8, 4) is 56.4 Å². The first-order valence-electron chi connectivity index (χ1n) is 18.5. The fraction of sp³-hybridized carbons (Fsp3) is 0. The molecule has 0 unspecified atom stereocenters. The fourth-order valence-electron chi connectivity index (χ4n) is 7.85. The summed E-state index contributed by atoms with van der Waals surface area (Å²) in [6.07, 6.45) is 0. The average molecular weight is 702 g/mol. The summed E-state index contributed by atoms with van der Waals surface area (Å²) in [7, 11) is 0. The van der Waals surface area contributed by atoms with Gasteiger partial charge in [0, 0.05) is 27.5 Å². The third-order valence-electron chi connectivity index (χ3n) is 10.7. The number of fused-ring (bicyclic) bond motifs is 7. The van der Waals surface area contributed by atoms with Gasteiger partial charge in [0.1, 0.15) is 11.2 Å². The van der Waals surface area contributed by atoms with Crippen LogP contribution in [-0.2, 0) is 0 Å². The van der Waals surface area contributed by atoms with Crippen LogP contribution >= 0.6 is 0 Å². The Bertz CT molecular complexity index is 3270. The van der Waals surface area contributed by atoms with E-state index in [4.69, 9.17) is 19.4 Å². The summed E-state index contributed by atoms with van der Waals surface area (Å²) in [5.74, 6) is 1.84. The molecule has 0 bridgehead atoms. The fourth-order valence-corrected chi connectivity index (χ4v) is 7.85. The Morgan fingerprint density at radius 2 is 0.764 bits per heavy atom. The Kier molecular flexibility index (Phi) is 7.14. The van der Waals surface area contributed by atoms with Gasteiger partial charge in [0.15, 0.2) is 17.5 Å². The molecule has 0 radical (unpaired) electrons. The van der Waals surface area contributed by atoms with Crippen LogP contribution in [0.25, 0.3) is 111 Å². The standard InChI is InChI=1S/C51H31N3O/c1-2-11-34(12-3-1)49-52-50(54-51(53-49)43-23-25-45-47(31-43)55-46-26-24-33-10-6-7-16-44(33)48(45)46)42-22-21-40-29-39(19-20-41(40)30-42)37-15-8-14-36(28-37)38-18-17-32-9-4-5-13-35(32)27-38/h1-31H. The van der Waals surface area contributed by atoms with Crippen molar-refractivity contribution < 1.29 is 4.42 Å². The molecule has 0 spiro atoms. The van der Waals surface area contributed by atoms with Crippen molar-refractivity contribution in [3.05, 3.63) is 188 Å². The van der Waals surface area contributed by atoms with E-state index in [0.29, 0.717) is 17.5 Å². The topological polar surface area (TPSA) is 51.8 Å². The predicted molar refractivity (Wildman–Crippen MR) is 227 cm³/mol. The highest BCUT2D eigenvalue weighted by Gasteiger charge is 2.16. The first-order chi connectivity index (χ1) is 27.2. The molecule has 0 saturated heterocycles. The smallest absolute Gasteiger partial charge is 0.164 e. The minimum Gasteiger partial charge on any atom is -0.456 e. The highest BCUT2D eigenvalue weighted by Crippen LogP contribution is 2.37. The summed E-state index contributed by atoms with van der Waals surface area (Å²) in [4.78, 5) is 15.1. The minimum absolute atomic E-state index is 0.595. The maximum Gasteiger partial charge on any atom is 0.164 e. The molecule has 0 N–H and O–H groups in total. The molecule has 0 fully saturated rings. The van der Waals surface area contributed by atoms with E-state index in [1.165, 1.54) is 43.8 Å². The molecule has 4 nitrogen and oxygen atoms in total. The molecular weight excluding hydrogens is 671 g/mol. The van der Waals surface area contributed by atoms with Crippen molar-refractivity contribution >= 4 is 54.3 Å². The van der Waals surface area contributed by atoms with Gasteiger partial charge in [-0.05, 0) is 97.0 Å². The van der Waals surface area contributed by atoms with E-state index in [1.807, 2.05) is 30.3 Å². The minimum atomic E-state index is 0.595. The number of furan rings is 1. The highest BCUT2D eigenvalue weighted by atomic mass is 16.3. The van der Waals surface area contributed by atoms with E-state index in [1.54, 1.807) is 0 Å². The van der Waals surface area contributed by atoms with Gasteiger partial charge in [0.2, 0.25) is 0 Å². The molecule has 9 aromatic carbocycles. The van der Waals surface area contributed by atoms with Gasteiger partial charge in [0.25, 0.3) is 0 Å². The maximum absolute atomic E-state index is 6.42. The number of nitrogens with zero attached hydrogens (tertiary/aromatic N) is 3. The van der Waals surface area contributed by atoms with Crippen LogP contribution in [0.4, 0.5) is 0 Å². The van der Waals surface area contributed by atoms with E-state index >= 15 is 0 Å². The highest BCUT2D eigenvalue weighted by molar-refractivity contribution is 6.19. The van der Waals surface area contributed by atoms with Crippen LogP contribution in [-0.4, -0.2) is 15.0 Å². The van der Waals surface area contributed by atoms with Gasteiger partial charge in [0.05, 0.1) is 0 Å². The molecule has 55 heavy (non-hydrogen) atoms. The molecule has 0 aliphatic rings. The van der Waals surface area contributed by atoms with Gasteiger partial charge in [-0.2, -0.15) is 0 Å². The Balaban J connectivity index is 0.977. The number of benzene rings is 9. The molecule has 0 atom stereocenters. The molecule has 0 amide bonds. The number of rotatable bonds is 5. The largest absolute Gasteiger partial charge is 0.456 e. The number of aromatic nitrogens is 3. The summed E-state index contributed by atoms with van der Waals surface area (Å²) in [6.45, 7) is 0. The van der Waals surface area contributed by atoms with Crippen LogP contribution in [0.1, 0.15) is 0 Å². The normalized spacial score (nSPS) is 11.6. The van der Waals surface area contributed by atoms with Crippen molar-refractivity contribution in [2.24, 2.45) is 0 Å². The lowest BCUT2D eigenvalue weighted by molar-refractivity contribution is 0.669. The van der Waals surface area contributed by atoms with E-state index < -0.39 is 0 Å². The van der Waals surface area contributed by atoms with Gasteiger partial charge in [-0.15, -0.1) is 0 Å². The summed E-state index contributed by atoms with van der Waals surface area (Å²) in [5, 5.41) is 9.32. The van der Waals surface area contributed by atoms with Crippen molar-refractivity contribution in [1.29, 1.82) is 0 Å². The van der Waals surface area contributed by atoms with E-state index in [0.717, 1.165) is 49.4 Å². The first kappa shape index (κ1) is 31.1. The van der Waals surface area contributed by atoms with Crippen LogP contribution in [0.5, 0.6) is 0 Å². The molecule has 0 saturated carbocycles. The third kappa shape index (κ3) is 5.51. The van der Waals surface area contributed by atoms with E-state index in [2.05, 4.69) is 158 Å². The van der Waals surface area contributed by atoms with E-state index in [-0.39, 0.29) is 0 Å². The summed E-state index contributed by atoms with van der Waals surface area (Å²) < 4.78 is 6.42. The quantitative estimate of drug-likeness (QED) is 0.179. The zero-order valence-corrected chi connectivity index (χ0v) is 29.6. The van der Waals surface area contributed by atoms with Gasteiger partial charge in [-0.1, -0.05) is 146 Å². The molecule has 0 aliphatic carbocycles. The number of hydrogen-bond acceptors (Lipinski definition) is 4. The van der Waals surface area contributed by atoms with Crippen molar-refractivity contribution in [3.63, 3.8) is 0 Å². The van der Waals surface area contributed by atoms with E-state index in [9.17, 15) is 0 Å². The molecule has 11 rings (SSSR count). The van der Waals surface area contributed by atoms with Crippen LogP contribution in [0.15, 0.2) is 192 Å². The van der Waals surface area contributed by atoms with Crippen LogP contribution < -0.4 is 0 Å². The average Bonchev–Trinajstić information content (AvgIpc) is 3.65. The zero-order valence-electron chi connectivity index (χ0n) is 29.6. The Labute approximate surface area is 317 Å². The number of hydrogen-bond donors (Lipinski definition) is 0. The van der Waals surface area contributed by atoms with Crippen LogP contribution in [0.3, 0.4) is 0 Å². The van der Waals surface area contributed by atoms with Crippen molar-refractivity contribution in [2.75, 3.05) is 0 Å². The summed E-state index contributed by atoms with van der Waals surface area (Å²) >= 11 is 0. The van der Waals surface area contributed by atoms with Gasteiger partial charge >= 0.3 is 0 Å². The van der Waals surface area contributed by atoms with Gasteiger partial charge in [-0.3, -0.25) is 0 Å². The van der Waals surface area contributed by atoms with Crippen LogP contribution in [0, 0.1) is 0 Å². The van der Waals surface area contributed by atoms with Crippen LogP contribution in [0.2, 0.25) is 0 Å². The molecule has 4 heteroatoms. The van der Waals surface area contributed by atoms with Crippen molar-refractivity contribution in [1.82, 2.24) is 15.0 Å². The summed E-state index contributed by atoms with van der Waals surface area (Å²) in [5.41, 5.74) is 9.16. The maximum atomic E-state index is 6.42. The molecular formula is C51H31N3O. The lowest BCUT2D eigenvalue weighted by Crippen LogP contribution is -2.00. The van der Waals surface area contributed by atoms with Crippen molar-refractivity contribution in [2.45, 2.75) is 0 Å². The monoisotopic (exact) mass is 701 g/mol. The van der Waals surface area contributed by atoms with Gasteiger partial charge in [-0.25, -0.2) is 15.0 Å². The second-order valence-electron chi connectivity index (χ2n) is 14.1. The lowest BCUT2D eigenvalue weighted by Gasteiger charge is -2.10.